The summed E-state index contributed by atoms with van der Waals surface area (Å²) >= 11 is 3.44. The zero-order valence-corrected chi connectivity index (χ0v) is 12.0. The Hall–Kier alpha value is -1.35. The predicted molar refractivity (Wildman–Crippen MR) is 79.6 cm³/mol. The highest BCUT2D eigenvalue weighted by Crippen LogP contribution is 2.42. The fourth-order valence-corrected chi connectivity index (χ4v) is 2.56. The molecule has 1 unspecified atom stereocenters. The molecule has 19 heavy (non-hydrogen) atoms. The van der Waals surface area contributed by atoms with E-state index in [0.29, 0.717) is 5.92 Å². The van der Waals surface area contributed by atoms with Crippen molar-refractivity contribution >= 4 is 21.6 Å². The number of anilines is 1. The fraction of sp³-hybridized carbons (Fsp3) is 0.250. The number of hydrogen-bond acceptors (Lipinski definition) is 1. The lowest BCUT2D eigenvalue weighted by Crippen LogP contribution is -2.12. The number of halogens is 2. The minimum atomic E-state index is -0.179. The summed E-state index contributed by atoms with van der Waals surface area (Å²) in [6.07, 6.45) is 2.48. The van der Waals surface area contributed by atoms with Crippen molar-refractivity contribution in [3.8, 4) is 0 Å². The van der Waals surface area contributed by atoms with Gasteiger partial charge < -0.3 is 5.32 Å². The molecule has 0 radical (unpaired) electrons. The predicted octanol–water partition coefficient (Wildman–Crippen LogP) is 5.15. The van der Waals surface area contributed by atoms with E-state index in [9.17, 15) is 4.39 Å². The molecule has 1 nitrogen and oxygen atoms in total. The van der Waals surface area contributed by atoms with Crippen LogP contribution in [-0.2, 0) is 0 Å². The smallest absolute Gasteiger partial charge is 0.123 e. The van der Waals surface area contributed by atoms with E-state index in [-0.39, 0.29) is 11.9 Å². The number of benzene rings is 2. The molecule has 2 aromatic rings. The van der Waals surface area contributed by atoms with Crippen LogP contribution in [-0.4, -0.2) is 0 Å². The summed E-state index contributed by atoms with van der Waals surface area (Å²) in [5.74, 6) is 0.482. The number of nitrogens with one attached hydrogen (secondary N) is 1. The Morgan fingerprint density at radius 1 is 1.00 bits per heavy atom. The Morgan fingerprint density at radius 2 is 1.63 bits per heavy atom. The third-order valence-corrected chi connectivity index (χ3v) is 4.02. The maximum Gasteiger partial charge on any atom is 0.123 e. The molecule has 3 rings (SSSR count). The molecular weight excluding hydrogens is 305 g/mol. The molecule has 1 fully saturated rings. The van der Waals surface area contributed by atoms with Gasteiger partial charge in [0.15, 0.2) is 0 Å². The Balaban J connectivity index is 1.81. The van der Waals surface area contributed by atoms with E-state index in [1.165, 1.54) is 25.0 Å². The molecule has 1 N–H and O–H groups in total. The molecule has 0 bridgehead atoms. The van der Waals surface area contributed by atoms with Crippen molar-refractivity contribution in [3.63, 3.8) is 0 Å². The van der Waals surface area contributed by atoms with Gasteiger partial charge in [0, 0.05) is 10.2 Å². The van der Waals surface area contributed by atoms with Crippen LogP contribution in [0.1, 0.15) is 24.4 Å². The summed E-state index contributed by atoms with van der Waals surface area (Å²) in [4.78, 5) is 0. The van der Waals surface area contributed by atoms with E-state index < -0.39 is 0 Å². The number of rotatable bonds is 4. The van der Waals surface area contributed by atoms with Crippen molar-refractivity contribution in [1.29, 1.82) is 0 Å². The molecule has 0 spiro atoms. The minimum absolute atomic E-state index is 0.179. The first kappa shape index (κ1) is 12.7. The summed E-state index contributed by atoms with van der Waals surface area (Å²) in [6.45, 7) is 0. The Morgan fingerprint density at radius 3 is 2.21 bits per heavy atom. The maximum atomic E-state index is 13.0. The molecule has 1 atom stereocenters. The average Bonchev–Trinajstić information content (AvgIpc) is 3.24. The maximum absolute atomic E-state index is 13.0. The van der Waals surface area contributed by atoms with Gasteiger partial charge in [0.25, 0.3) is 0 Å². The van der Waals surface area contributed by atoms with Crippen LogP contribution in [0.25, 0.3) is 0 Å². The van der Waals surface area contributed by atoms with Crippen LogP contribution in [0.5, 0.6) is 0 Å². The molecule has 1 saturated carbocycles. The summed E-state index contributed by atoms with van der Waals surface area (Å²) < 4.78 is 14.1. The highest BCUT2D eigenvalue weighted by Gasteiger charge is 2.32. The van der Waals surface area contributed by atoms with Crippen LogP contribution < -0.4 is 5.32 Å². The van der Waals surface area contributed by atoms with Crippen LogP contribution >= 0.6 is 15.9 Å². The zero-order chi connectivity index (χ0) is 13.2. The zero-order valence-electron chi connectivity index (χ0n) is 10.4. The summed E-state index contributed by atoms with van der Waals surface area (Å²) in [5.41, 5.74) is 2.26. The van der Waals surface area contributed by atoms with Gasteiger partial charge in [-0.3, -0.25) is 0 Å². The largest absolute Gasteiger partial charge is 0.378 e. The van der Waals surface area contributed by atoms with Gasteiger partial charge in [-0.2, -0.15) is 0 Å². The van der Waals surface area contributed by atoms with Gasteiger partial charge in [0.05, 0.1) is 6.04 Å². The molecule has 98 valence electrons. The molecule has 0 aliphatic heterocycles. The van der Waals surface area contributed by atoms with E-state index in [2.05, 4.69) is 33.4 Å². The SMILES string of the molecule is Fc1ccc(C(Nc2ccc(Br)cc2)C2CC2)cc1. The topological polar surface area (TPSA) is 12.0 Å². The highest BCUT2D eigenvalue weighted by molar-refractivity contribution is 9.10. The van der Waals surface area contributed by atoms with E-state index in [1.807, 2.05) is 24.3 Å². The van der Waals surface area contributed by atoms with Crippen LogP contribution in [0.15, 0.2) is 53.0 Å². The monoisotopic (exact) mass is 319 g/mol. The Labute approximate surface area is 121 Å². The summed E-state index contributed by atoms with van der Waals surface area (Å²) in [6, 6.07) is 15.3. The normalized spacial score (nSPS) is 16.1. The van der Waals surface area contributed by atoms with Crippen LogP contribution in [0.2, 0.25) is 0 Å². The molecule has 1 aliphatic carbocycles. The lowest BCUT2D eigenvalue weighted by atomic mass is 10.0. The first-order valence-corrected chi connectivity index (χ1v) is 7.29. The van der Waals surface area contributed by atoms with Crippen molar-refractivity contribution in [3.05, 3.63) is 64.4 Å². The van der Waals surface area contributed by atoms with Gasteiger partial charge in [-0.15, -0.1) is 0 Å². The Kier molecular flexibility index (Phi) is 3.56. The highest BCUT2D eigenvalue weighted by atomic mass is 79.9. The molecule has 0 aromatic heterocycles. The third kappa shape index (κ3) is 3.16. The van der Waals surface area contributed by atoms with Crippen molar-refractivity contribution in [2.24, 2.45) is 5.92 Å². The standard InChI is InChI=1S/C16H15BrFN/c17-13-5-9-15(10-6-13)19-16(11-1-2-11)12-3-7-14(18)8-4-12/h3-11,16,19H,1-2H2. The minimum Gasteiger partial charge on any atom is -0.378 e. The van der Waals surface area contributed by atoms with Crippen molar-refractivity contribution in [2.45, 2.75) is 18.9 Å². The lowest BCUT2D eigenvalue weighted by Gasteiger charge is -2.20. The second-order valence-corrected chi connectivity index (χ2v) is 5.93. The fourth-order valence-electron chi connectivity index (χ4n) is 2.30. The molecule has 0 heterocycles. The molecular formula is C16H15BrFN. The van der Waals surface area contributed by atoms with Gasteiger partial charge >= 0.3 is 0 Å². The van der Waals surface area contributed by atoms with Crippen LogP contribution in [0.4, 0.5) is 10.1 Å². The van der Waals surface area contributed by atoms with Gasteiger partial charge in [0.2, 0.25) is 0 Å². The van der Waals surface area contributed by atoms with Gasteiger partial charge in [-0.05, 0) is 60.7 Å². The quantitative estimate of drug-likeness (QED) is 0.821. The average molecular weight is 320 g/mol. The van der Waals surface area contributed by atoms with E-state index in [1.54, 1.807) is 0 Å². The van der Waals surface area contributed by atoms with E-state index in [0.717, 1.165) is 15.7 Å². The molecule has 0 saturated heterocycles. The molecule has 3 heteroatoms. The van der Waals surface area contributed by atoms with Gasteiger partial charge in [0.1, 0.15) is 5.82 Å². The second-order valence-electron chi connectivity index (χ2n) is 5.02. The van der Waals surface area contributed by atoms with Gasteiger partial charge in [-0.1, -0.05) is 28.1 Å². The lowest BCUT2D eigenvalue weighted by molar-refractivity contribution is 0.622. The van der Waals surface area contributed by atoms with Gasteiger partial charge in [-0.25, -0.2) is 4.39 Å². The van der Waals surface area contributed by atoms with Crippen molar-refractivity contribution in [2.75, 3.05) is 5.32 Å². The molecule has 0 amide bonds. The van der Waals surface area contributed by atoms with Crippen LogP contribution in [0, 0.1) is 11.7 Å². The first-order valence-electron chi connectivity index (χ1n) is 6.50. The summed E-state index contributed by atoms with van der Waals surface area (Å²) in [7, 11) is 0. The van der Waals surface area contributed by atoms with E-state index in [4.69, 9.17) is 0 Å². The van der Waals surface area contributed by atoms with E-state index >= 15 is 0 Å². The summed E-state index contributed by atoms with van der Waals surface area (Å²) in [5, 5.41) is 3.56. The first-order chi connectivity index (χ1) is 9.22. The third-order valence-electron chi connectivity index (χ3n) is 3.49. The Bertz CT molecular complexity index is 546. The second kappa shape index (κ2) is 5.33. The van der Waals surface area contributed by atoms with Crippen molar-refractivity contribution < 1.29 is 4.39 Å². The molecule has 1 aliphatic rings. The number of hydrogen-bond donors (Lipinski definition) is 1. The van der Waals surface area contributed by atoms with Crippen LogP contribution in [0.3, 0.4) is 0 Å². The molecule has 2 aromatic carbocycles. The van der Waals surface area contributed by atoms with Crippen molar-refractivity contribution in [1.82, 2.24) is 0 Å².